The van der Waals surface area contributed by atoms with Gasteiger partial charge in [-0.1, -0.05) is 32.9 Å². The molecule has 1 saturated carbocycles. The van der Waals surface area contributed by atoms with Gasteiger partial charge in [0.1, 0.15) is 0 Å². The molecule has 0 aromatic rings. The van der Waals surface area contributed by atoms with Crippen LogP contribution < -0.4 is 0 Å². The van der Waals surface area contributed by atoms with Crippen LogP contribution in [0.1, 0.15) is 66.7 Å². The molecule has 0 amide bonds. The minimum atomic E-state index is 0.669. The molecule has 1 unspecified atom stereocenters. The van der Waals surface area contributed by atoms with Gasteiger partial charge in [0, 0.05) is 18.6 Å². The van der Waals surface area contributed by atoms with Crippen LogP contribution in [0.25, 0.3) is 0 Å². The van der Waals surface area contributed by atoms with Gasteiger partial charge >= 0.3 is 0 Å². The lowest BCUT2D eigenvalue weighted by Gasteiger charge is -2.35. The third kappa shape index (κ3) is 5.14. The standard InChI is InChI=1S/C17H33N/c1-7-17(16-8-9-16)18(14(4)5)11-10-15(6)12-13(2)3/h13-14,16-17H,6-12H2,1-5H3. The first-order valence-corrected chi connectivity index (χ1v) is 7.88. The molecule has 1 aliphatic rings. The smallest absolute Gasteiger partial charge is 0.0124 e. The first kappa shape index (κ1) is 15.8. The third-order valence-corrected chi connectivity index (χ3v) is 4.09. The first-order chi connectivity index (χ1) is 8.45. The van der Waals surface area contributed by atoms with E-state index in [1.165, 1.54) is 44.2 Å². The molecule has 0 aromatic heterocycles. The van der Waals surface area contributed by atoms with Crippen LogP contribution in [0.3, 0.4) is 0 Å². The molecule has 0 heterocycles. The average Bonchev–Trinajstić information content (AvgIpc) is 3.06. The highest BCUT2D eigenvalue weighted by molar-refractivity contribution is 4.97. The highest BCUT2D eigenvalue weighted by Crippen LogP contribution is 2.37. The second-order valence-corrected chi connectivity index (χ2v) is 6.74. The van der Waals surface area contributed by atoms with E-state index < -0.39 is 0 Å². The van der Waals surface area contributed by atoms with Gasteiger partial charge in [-0.3, -0.25) is 4.90 Å². The summed E-state index contributed by atoms with van der Waals surface area (Å²) in [7, 11) is 0. The first-order valence-electron chi connectivity index (χ1n) is 7.88. The van der Waals surface area contributed by atoms with Gasteiger partial charge in [-0.05, 0) is 57.8 Å². The highest BCUT2D eigenvalue weighted by atomic mass is 15.2. The Balaban J connectivity index is 2.44. The van der Waals surface area contributed by atoms with E-state index in [0.29, 0.717) is 6.04 Å². The van der Waals surface area contributed by atoms with Crippen molar-refractivity contribution in [1.29, 1.82) is 0 Å². The van der Waals surface area contributed by atoms with Gasteiger partial charge in [-0.25, -0.2) is 0 Å². The summed E-state index contributed by atoms with van der Waals surface area (Å²) in [5.41, 5.74) is 1.43. The van der Waals surface area contributed by atoms with E-state index in [1.807, 2.05) is 0 Å². The second kappa shape index (κ2) is 7.33. The largest absolute Gasteiger partial charge is 0.297 e. The van der Waals surface area contributed by atoms with Gasteiger partial charge in [0.2, 0.25) is 0 Å². The maximum absolute atomic E-state index is 4.25. The molecule has 18 heavy (non-hydrogen) atoms. The van der Waals surface area contributed by atoms with Crippen LogP contribution in [0.5, 0.6) is 0 Å². The normalized spacial score (nSPS) is 17.8. The Morgan fingerprint density at radius 3 is 2.22 bits per heavy atom. The SMILES string of the molecule is C=C(CCN(C(C)C)C(CC)C1CC1)CC(C)C. The Morgan fingerprint density at radius 1 is 1.22 bits per heavy atom. The zero-order valence-corrected chi connectivity index (χ0v) is 13.2. The number of hydrogen-bond donors (Lipinski definition) is 0. The summed E-state index contributed by atoms with van der Waals surface area (Å²) >= 11 is 0. The summed E-state index contributed by atoms with van der Waals surface area (Å²) in [5.74, 6) is 1.73. The van der Waals surface area contributed by atoms with Crippen LogP contribution in [0.4, 0.5) is 0 Å². The zero-order valence-electron chi connectivity index (χ0n) is 13.2. The predicted molar refractivity (Wildman–Crippen MR) is 81.9 cm³/mol. The molecule has 1 nitrogen and oxygen atoms in total. The third-order valence-electron chi connectivity index (χ3n) is 4.09. The monoisotopic (exact) mass is 251 g/mol. The average molecular weight is 251 g/mol. The lowest BCUT2D eigenvalue weighted by molar-refractivity contribution is 0.133. The van der Waals surface area contributed by atoms with Crippen LogP contribution in [0.15, 0.2) is 12.2 Å². The van der Waals surface area contributed by atoms with E-state index in [-0.39, 0.29) is 0 Å². The lowest BCUT2D eigenvalue weighted by Crippen LogP contribution is -2.42. The molecule has 1 heteroatoms. The summed E-state index contributed by atoms with van der Waals surface area (Å²) < 4.78 is 0. The second-order valence-electron chi connectivity index (χ2n) is 6.74. The molecule has 0 saturated heterocycles. The summed E-state index contributed by atoms with van der Waals surface area (Å²) in [5, 5.41) is 0. The molecule has 0 aromatic carbocycles. The molecule has 1 aliphatic carbocycles. The van der Waals surface area contributed by atoms with E-state index in [0.717, 1.165) is 17.9 Å². The number of nitrogens with zero attached hydrogens (tertiary/aromatic N) is 1. The molecule has 106 valence electrons. The maximum Gasteiger partial charge on any atom is 0.0124 e. The fourth-order valence-electron chi connectivity index (χ4n) is 3.09. The van der Waals surface area contributed by atoms with Crippen LogP contribution in [-0.4, -0.2) is 23.5 Å². The Morgan fingerprint density at radius 2 is 1.83 bits per heavy atom. The van der Waals surface area contributed by atoms with E-state index >= 15 is 0 Å². The van der Waals surface area contributed by atoms with Crippen LogP contribution in [0, 0.1) is 11.8 Å². The zero-order chi connectivity index (χ0) is 13.7. The van der Waals surface area contributed by atoms with Gasteiger partial charge in [-0.2, -0.15) is 0 Å². The van der Waals surface area contributed by atoms with Gasteiger partial charge in [0.25, 0.3) is 0 Å². The van der Waals surface area contributed by atoms with E-state index in [2.05, 4.69) is 46.1 Å². The topological polar surface area (TPSA) is 3.24 Å². The maximum atomic E-state index is 4.25. The van der Waals surface area contributed by atoms with Crippen LogP contribution in [0.2, 0.25) is 0 Å². The van der Waals surface area contributed by atoms with Gasteiger partial charge in [0.15, 0.2) is 0 Å². The number of hydrogen-bond acceptors (Lipinski definition) is 1. The van der Waals surface area contributed by atoms with E-state index in [9.17, 15) is 0 Å². The predicted octanol–water partition coefficient (Wildman–Crippen LogP) is 4.88. The summed E-state index contributed by atoms with van der Waals surface area (Å²) in [6.07, 6.45) is 6.58. The quantitative estimate of drug-likeness (QED) is 0.528. The highest BCUT2D eigenvalue weighted by Gasteiger charge is 2.34. The molecule has 0 radical (unpaired) electrons. The fraction of sp³-hybridized carbons (Fsp3) is 0.882. The summed E-state index contributed by atoms with van der Waals surface area (Å²) in [4.78, 5) is 2.73. The molecule has 1 atom stereocenters. The van der Waals surface area contributed by atoms with Gasteiger partial charge in [-0.15, -0.1) is 0 Å². The molecule has 0 N–H and O–H groups in total. The molecule has 0 bridgehead atoms. The number of rotatable bonds is 9. The Kier molecular flexibility index (Phi) is 6.42. The summed E-state index contributed by atoms with van der Waals surface area (Å²) in [6.45, 7) is 17.1. The molecular weight excluding hydrogens is 218 g/mol. The van der Waals surface area contributed by atoms with Crippen molar-refractivity contribution < 1.29 is 0 Å². The van der Waals surface area contributed by atoms with Crippen molar-refractivity contribution in [3.8, 4) is 0 Å². The van der Waals surface area contributed by atoms with Crippen molar-refractivity contribution in [2.45, 2.75) is 78.8 Å². The van der Waals surface area contributed by atoms with Gasteiger partial charge in [0.05, 0.1) is 0 Å². The van der Waals surface area contributed by atoms with Crippen molar-refractivity contribution >= 4 is 0 Å². The Bertz CT molecular complexity index is 250. The van der Waals surface area contributed by atoms with Crippen molar-refractivity contribution in [3.63, 3.8) is 0 Å². The lowest BCUT2D eigenvalue weighted by atomic mass is 10.00. The van der Waals surface area contributed by atoms with Crippen molar-refractivity contribution in [2.24, 2.45) is 11.8 Å². The van der Waals surface area contributed by atoms with Crippen molar-refractivity contribution in [3.05, 3.63) is 12.2 Å². The Hall–Kier alpha value is -0.300. The van der Waals surface area contributed by atoms with Crippen molar-refractivity contribution in [2.75, 3.05) is 6.54 Å². The minimum absolute atomic E-state index is 0.669. The molecule has 0 spiro atoms. The molecule has 1 fully saturated rings. The summed E-state index contributed by atoms with van der Waals surface area (Å²) in [6, 6.07) is 1.49. The molecule has 0 aliphatic heterocycles. The van der Waals surface area contributed by atoms with Crippen molar-refractivity contribution in [1.82, 2.24) is 4.90 Å². The van der Waals surface area contributed by atoms with Gasteiger partial charge < -0.3 is 0 Å². The molecular formula is C17H33N. The van der Waals surface area contributed by atoms with Crippen LogP contribution >= 0.6 is 0 Å². The van der Waals surface area contributed by atoms with E-state index in [4.69, 9.17) is 0 Å². The van der Waals surface area contributed by atoms with Crippen LogP contribution in [-0.2, 0) is 0 Å². The fourth-order valence-corrected chi connectivity index (χ4v) is 3.09. The Labute approximate surface area is 115 Å². The van der Waals surface area contributed by atoms with E-state index in [1.54, 1.807) is 0 Å². The molecule has 1 rings (SSSR count). The minimum Gasteiger partial charge on any atom is -0.297 e.